The van der Waals surface area contributed by atoms with Crippen molar-refractivity contribution >= 4 is 11.8 Å². The SMILES string of the molecule is COc1cccc(CN(C(=O)CCc2ccc(C(C)C)cc2)[C@@H](C)C(=O)NC2CCCCC2)c1. The Hall–Kier alpha value is -2.82. The normalized spacial score (nSPS) is 15.1. The van der Waals surface area contributed by atoms with Gasteiger partial charge in [0, 0.05) is 19.0 Å². The molecule has 1 aliphatic rings. The molecule has 0 aromatic heterocycles. The highest BCUT2D eigenvalue weighted by Crippen LogP contribution is 2.20. The van der Waals surface area contributed by atoms with Crippen LogP contribution < -0.4 is 10.1 Å². The van der Waals surface area contributed by atoms with Gasteiger partial charge in [-0.3, -0.25) is 9.59 Å². The van der Waals surface area contributed by atoms with E-state index >= 15 is 0 Å². The van der Waals surface area contributed by atoms with Crippen LogP contribution in [0.25, 0.3) is 0 Å². The van der Waals surface area contributed by atoms with Crippen LogP contribution in [0.4, 0.5) is 0 Å². The van der Waals surface area contributed by atoms with Gasteiger partial charge in [-0.2, -0.15) is 0 Å². The highest BCUT2D eigenvalue weighted by molar-refractivity contribution is 5.87. The van der Waals surface area contributed by atoms with Crippen LogP contribution in [0.5, 0.6) is 5.75 Å². The van der Waals surface area contributed by atoms with Gasteiger partial charge in [-0.1, -0.05) is 69.5 Å². The zero-order valence-corrected chi connectivity index (χ0v) is 21.2. The van der Waals surface area contributed by atoms with Crippen LogP contribution in [0.3, 0.4) is 0 Å². The number of ether oxygens (including phenoxy) is 1. The van der Waals surface area contributed by atoms with Crippen molar-refractivity contribution in [2.24, 2.45) is 0 Å². The molecule has 0 aliphatic heterocycles. The first-order chi connectivity index (χ1) is 16.4. The third-order valence-electron chi connectivity index (χ3n) is 6.88. The van der Waals surface area contributed by atoms with E-state index in [9.17, 15) is 9.59 Å². The fourth-order valence-corrected chi connectivity index (χ4v) is 4.58. The fraction of sp³-hybridized carbons (Fsp3) is 0.517. The molecule has 1 saturated carbocycles. The van der Waals surface area contributed by atoms with E-state index in [1.54, 1.807) is 12.0 Å². The van der Waals surface area contributed by atoms with E-state index in [-0.39, 0.29) is 17.9 Å². The lowest BCUT2D eigenvalue weighted by molar-refractivity contribution is -0.141. The van der Waals surface area contributed by atoms with Crippen LogP contribution in [0.2, 0.25) is 0 Å². The molecule has 5 nitrogen and oxygen atoms in total. The Kier molecular flexibility index (Phi) is 9.55. The van der Waals surface area contributed by atoms with Crippen LogP contribution in [0, 0.1) is 0 Å². The summed E-state index contributed by atoms with van der Waals surface area (Å²) in [5.74, 6) is 1.15. The lowest BCUT2D eigenvalue weighted by Gasteiger charge is -2.31. The smallest absolute Gasteiger partial charge is 0.242 e. The third-order valence-corrected chi connectivity index (χ3v) is 6.88. The topological polar surface area (TPSA) is 58.6 Å². The summed E-state index contributed by atoms with van der Waals surface area (Å²) in [5, 5.41) is 3.20. The Balaban J connectivity index is 1.70. The Morgan fingerprint density at radius 2 is 1.71 bits per heavy atom. The minimum absolute atomic E-state index is 0.0120. The number of benzene rings is 2. The number of rotatable bonds is 10. The van der Waals surface area contributed by atoms with Gasteiger partial charge in [0.2, 0.25) is 11.8 Å². The highest BCUT2D eigenvalue weighted by atomic mass is 16.5. The quantitative estimate of drug-likeness (QED) is 0.497. The number of amides is 2. The van der Waals surface area contributed by atoms with E-state index < -0.39 is 6.04 Å². The summed E-state index contributed by atoms with van der Waals surface area (Å²) in [4.78, 5) is 28.2. The minimum atomic E-state index is -0.538. The Morgan fingerprint density at radius 3 is 2.35 bits per heavy atom. The van der Waals surface area contributed by atoms with Gasteiger partial charge in [0.05, 0.1) is 7.11 Å². The molecule has 0 bridgehead atoms. The molecule has 0 heterocycles. The van der Waals surface area contributed by atoms with Crippen molar-refractivity contribution in [2.45, 2.75) is 90.3 Å². The molecule has 1 aliphatic carbocycles. The number of hydrogen-bond acceptors (Lipinski definition) is 3. The number of methoxy groups -OCH3 is 1. The molecule has 5 heteroatoms. The van der Waals surface area contributed by atoms with Crippen molar-refractivity contribution in [3.05, 3.63) is 65.2 Å². The number of carbonyl (C=O) groups is 2. The molecule has 184 valence electrons. The van der Waals surface area contributed by atoms with Gasteiger partial charge in [-0.25, -0.2) is 0 Å². The molecule has 0 spiro atoms. The van der Waals surface area contributed by atoms with Crippen LogP contribution in [-0.4, -0.2) is 35.9 Å². The average Bonchev–Trinajstić information content (AvgIpc) is 2.86. The third kappa shape index (κ3) is 7.34. The molecule has 0 radical (unpaired) electrons. The van der Waals surface area contributed by atoms with Crippen molar-refractivity contribution in [3.8, 4) is 5.75 Å². The maximum atomic E-state index is 13.4. The molecule has 2 aromatic carbocycles. The Bertz CT molecular complexity index is 933. The molecule has 1 N–H and O–H groups in total. The van der Waals surface area contributed by atoms with E-state index in [1.165, 1.54) is 12.0 Å². The number of nitrogens with one attached hydrogen (secondary N) is 1. The average molecular weight is 465 g/mol. The predicted octanol–water partition coefficient (Wildman–Crippen LogP) is 5.62. The second-order valence-electron chi connectivity index (χ2n) is 9.79. The zero-order valence-electron chi connectivity index (χ0n) is 21.2. The molecular formula is C29H40N2O3. The fourth-order valence-electron chi connectivity index (χ4n) is 4.58. The summed E-state index contributed by atoms with van der Waals surface area (Å²) < 4.78 is 5.35. The Labute approximate surface area is 204 Å². The first kappa shape index (κ1) is 25.8. The van der Waals surface area contributed by atoms with Gasteiger partial charge in [-0.05, 0) is 60.9 Å². The second-order valence-corrected chi connectivity index (χ2v) is 9.79. The summed E-state index contributed by atoms with van der Waals surface area (Å²) in [7, 11) is 1.63. The van der Waals surface area contributed by atoms with Gasteiger partial charge in [0.1, 0.15) is 11.8 Å². The minimum Gasteiger partial charge on any atom is -0.497 e. The number of aryl methyl sites for hydroxylation is 1. The summed E-state index contributed by atoms with van der Waals surface area (Å²) in [6, 6.07) is 15.9. The van der Waals surface area contributed by atoms with Gasteiger partial charge in [-0.15, -0.1) is 0 Å². The van der Waals surface area contributed by atoms with Crippen molar-refractivity contribution in [1.82, 2.24) is 10.2 Å². The van der Waals surface area contributed by atoms with Crippen LogP contribution >= 0.6 is 0 Å². The van der Waals surface area contributed by atoms with Gasteiger partial charge < -0.3 is 15.0 Å². The lowest BCUT2D eigenvalue weighted by Crippen LogP contribution is -2.50. The maximum absolute atomic E-state index is 13.4. The molecule has 0 unspecified atom stereocenters. The Morgan fingerprint density at radius 1 is 1.00 bits per heavy atom. The van der Waals surface area contributed by atoms with E-state index in [0.717, 1.165) is 42.6 Å². The number of hydrogen-bond donors (Lipinski definition) is 1. The second kappa shape index (κ2) is 12.6. The lowest BCUT2D eigenvalue weighted by atomic mass is 9.95. The molecule has 1 fully saturated rings. The molecule has 2 aromatic rings. The van der Waals surface area contributed by atoms with Crippen molar-refractivity contribution < 1.29 is 14.3 Å². The molecule has 3 rings (SSSR count). The first-order valence-electron chi connectivity index (χ1n) is 12.7. The van der Waals surface area contributed by atoms with Crippen molar-refractivity contribution in [3.63, 3.8) is 0 Å². The number of nitrogens with zero attached hydrogens (tertiary/aromatic N) is 1. The predicted molar refractivity (Wildman–Crippen MR) is 137 cm³/mol. The van der Waals surface area contributed by atoms with E-state index in [0.29, 0.717) is 25.3 Å². The summed E-state index contributed by atoms with van der Waals surface area (Å²) >= 11 is 0. The van der Waals surface area contributed by atoms with Crippen LogP contribution in [-0.2, 0) is 22.6 Å². The molecule has 34 heavy (non-hydrogen) atoms. The van der Waals surface area contributed by atoms with E-state index in [2.05, 4.69) is 43.4 Å². The summed E-state index contributed by atoms with van der Waals surface area (Å²) in [6.07, 6.45) is 6.61. The maximum Gasteiger partial charge on any atom is 0.242 e. The highest BCUT2D eigenvalue weighted by Gasteiger charge is 2.28. The van der Waals surface area contributed by atoms with Gasteiger partial charge in [0.25, 0.3) is 0 Å². The van der Waals surface area contributed by atoms with Crippen molar-refractivity contribution in [2.75, 3.05) is 7.11 Å². The standard InChI is InChI=1S/C29H40N2O3/c1-21(2)25-16-13-23(14-17-25)15-18-28(32)31(20-24-9-8-12-27(19-24)34-4)22(3)29(33)30-26-10-6-5-7-11-26/h8-9,12-14,16-17,19,21-22,26H,5-7,10-11,15,18,20H2,1-4H3,(H,30,33)/t22-/m0/s1. The van der Waals surface area contributed by atoms with Crippen molar-refractivity contribution in [1.29, 1.82) is 0 Å². The van der Waals surface area contributed by atoms with Crippen LogP contribution in [0.15, 0.2) is 48.5 Å². The first-order valence-corrected chi connectivity index (χ1v) is 12.7. The van der Waals surface area contributed by atoms with E-state index in [1.807, 2.05) is 31.2 Å². The monoisotopic (exact) mass is 464 g/mol. The molecule has 1 atom stereocenters. The summed E-state index contributed by atoms with van der Waals surface area (Å²) in [5.41, 5.74) is 3.38. The largest absolute Gasteiger partial charge is 0.497 e. The summed E-state index contributed by atoms with van der Waals surface area (Å²) in [6.45, 7) is 6.57. The van der Waals surface area contributed by atoms with Gasteiger partial charge >= 0.3 is 0 Å². The zero-order chi connectivity index (χ0) is 24.5. The van der Waals surface area contributed by atoms with E-state index in [4.69, 9.17) is 4.74 Å². The molecule has 0 saturated heterocycles. The van der Waals surface area contributed by atoms with Gasteiger partial charge in [0.15, 0.2) is 0 Å². The molecular weight excluding hydrogens is 424 g/mol. The van der Waals surface area contributed by atoms with Crippen LogP contribution in [0.1, 0.15) is 81.9 Å². The molecule has 2 amide bonds. The number of carbonyl (C=O) groups excluding carboxylic acids is 2.